The number of carbonyl (C=O) groups is 1. The fraction of sp³-hybridized carbons (Fsp3) is 0.875. The molecule has 0 rings (SSSR count). The lowest BCUT2D eigenvalue weighted by molar-refractivity contribution is -0.130. The zero-order valence-electron chi connectivity index (χ0n) is 8.05. The topological polar surface area (TPSA) is 110 Å². The average Bonchev–Trinajstić information content (AvgIpc) is 2.16. The van der Waals surface area contributed by atoms with Crippen LogP contribution in [-0.2, 0) is 4.79 Å². The highest BCUT2D eigenvalue weighted by Crippen LogP contribution is 2.02. The van der Waals surface area contributed by atoms with Gasteiger partial charge in [0.15, 0.2) is 6.23 Å². The minimum absolute atomic E-state index is 0.0553. The summed E-state index contributed by atoms with van der Waals surface area (Å²) in [6, 6.07) is 0. The van der Waals surface area contributed by atoms with E-state index < -0.39 is 24.3 Å². The molecule has 5 N–H and O–H groups in total. The Morgan fingerprint density at radius 2 is 1.93 bits per heavy atom. The van der Waals surface area contributed by atoms with Crippen molar-refractivity contribution in [2.45, 2.75) is 38.2 Å². The fourth-order valence-corrected chi connectivity index (χ4v) is 0.866. The van der Waals surface area contributed by atoms with Crippen LogP contribution in [0.25, 0.3) is 0 Å². The number of hydrogen-bond acceptors (Lipinski definition) is 5. The molecule has 1 amide bonds. The van der Waals surface area contributed by atoms with Gasteiger partial charge in [-0.1, -0.05) is 6.92 Å². The molecule has 0 aromatic carbocycles. The predicted molar refractivity (Wildman–Crippen MR) is 48.2 cm³/mol. The number of nitrogens with one attached hydrogen (secondary N) is 1. The van der Waals surface area contributed by atoms with Crippen LogP contribution in [0.15, 0.2) is 0 Å². The molecule has 0 bridgehead atoms. The van der Waals surface area contributed by atoms with E-state index in [4.69, 9.17) is 10.2 Å². The Kier molecular flexibility index (Phi) is 6.39. The van der Waals surface area contributed by atoms with Crippen LogP contribution in [0.3, 0.4) is 0 Å². The maximum Gasteiger partial charge on any atom is 0.221 e. The van der Waals surface area contributed by atoms with E-state index in [1.807, 2.05) is 0 Å². The van der Waals surface area contributed by atoms with Crippen LogP contribution in [0.5, 0.6) is 0 Å². The Balaban J connectivity index is 3.97. The summed E-state index contributed by atoms with van der Waals surface area (Å²) in [4.78, 5) is 10.8. The first-order chi connectivity index (χ1) is 6.52. The third-order valence-electron chi connectivity index (χ3n) is 1.77. The lowest BCUT2D eigenvalue weighted by atomic mass is 10.1. The Morgan fingerprint density at radius 3 is 2.36 bits per heavy atom. The van der Waals surface area contributed by atoms with E-state index in [-0.39, 0.29) is 19.4 Å². The van der Waals surface area contributed by atoms with Gasteiger partial charge < -0.3 is 25.7 Å². The van der Waals surface area contributed by atoms with E-state index in [2.05, 4.69) is 5.32 Å². The van der Waals surface area contributed by atoms with Crippen molar-refractivity contribution in [3.8, 4) is 0 Å². The van der Waals surface area contributed by atoms with Gasteiger partial charge in [0, 0.05) is 13.0 Å². The second-order valence-electron chi connectivity index (χ2n) is 2.94. The molecule has 14 heavy (non-hydrogen) atoms. The number of carbonyl (C=O) groups excluding carboxylic acids is 1. The minimum Gasteiger partial charge on any atom is -0.396 e. The van der Waals surface area contributed by atoms with Crippen molar-refractivity contribution in [3.63, 3.8) is 0 Å². The summed E-state index contributed by atoms with van der Waals surface area (Å²) in [6.07, 6.45) is -4.13. The number of rotatable bonds is 6. The van der Waals surface area contributed by atoms with Crippen LogP contribution in [0.4, 0.5) is 0 Å². The van der Waals surface area contributed by atoms with Crippen LogP contribution < -0.4 is 5.32 Å². The van der Waals surface area contributed by atoms with E-state index >= 15 is 0 Å². The quantitative estimate of drug-likeness (QED) is 0.322. The molecule has 0 aliphatic carbocycles. The fourth-order valence-electron chi connectivity index (χ4n) is 0.866. The Morgan fingerprint density at radius 1 is 1.36 bits per heavy atom. The number of aliphatic hydroxyl groups is 4. The monoisotopic (exact) mass is 207 g/mol. The van der Waals surface area contributed by atoms with Crippen molar-refractivity contribution >= 4 is 5.91 Å². The van der Waals surface area contributed by atoms with Crippen LogP contribution in [0, 0.1) is 0 Å². The summed E-state index contributed by atoms with van der Waals surface area (Å²) < 4.78 is 0. The lowest BCUT2D eigenvalue weighted by Gasteiger charge is -2.22. The second kappa shape index (κ2) is 6.72. The smallest absolute Gasteiger partial charge is 0.221 e. The third-order valence-corrected chi connectivity index (χ3v) is 1.77. The molecule has 0 saturated carbocycles. The lowest BCUT2D eigenvalue weighted by Crippen LogP contribution is -2.48. The molecule has 3 atom stereocenters. The van der Waals surface area contributed by atoms with Gasteiger partial charge in [0.1, 0.15) is 6.10 Å². The van der Waals surface area contributed by atoms with Crippen molar-refractivity contribution in [3.05, 3.63) is 0 Å². The van der Waals surface area contributed by atoms with E-state index in [1.54, 1.807) is 6.92 Å². The standard InChI is InChI=1S/C8H17NO5/c1-2-6(12)9-8(14)7(13)5(11)3-4-10/h5,7-8,10-11,13-14H,2-4H2,1H3,(H,9,12)/t5-,7+,8-/m0/s1. The maximum absolute atomic E-state index is 10.8. The van der Waals surface area contributed by atoms with Crippen LogP contribution >= 0.6 is 0 Å². The highest BCUT2D eigenvalue weighted by molar-refractivity contribution is 5.75. The van der Waals surface area contributed by atoms with Gasteiger partial charge in [0.05, 0.1) is 6.10 Å². The van der Waals surface area contributed by atoms with Gasteiger partial charge in [-0.15, -0.1) is 0 Å². The molecule has 0 saturated heterocycles. The SMILES string of the molecule is CCC(=O)N[C@@H](O)[C@H](O)[C@@H](O)CCO. The van der Waals surface area contributed by atoms with Gasteiger partial charge in [-0.2, -0.15) is 0 Å². The van der Waals surface area contributed by atoms with Gasteiger partial charge in [-0.3, -0.25) is 4.79 Å². The van der Waals surface area contributed by atoms with Crippen molar-refractivity contribution in [1.29, 1.82) is 0 Å². The molecule has 0 aromatic heterocycles. The molecule has 0 spiro atoms. The first kappa shape index (κ1) is 13.3. The Hall–Kier alpha value is -0.690. The third kappa shape index (κ3) is 4.52. The Bertz CT molecular complexity index is 175. The largest absolute Gasteiger partial charge is 0.396 e. The number of amides is 1. The predicted octanol–water partition coefficient (Wildman–Crippen LogP) is -2.06. The zero-order valence-corrected chi connectivity index (χ0v) is 8.05. The molecule has 0 aliphatic rings. The molecule has 0 heterocycles. The van der Waals surface area contributed by atoms with Crippen molar-refractivity contribution in [2.24, 2.45) is 0 Å². The molecular formula is C8H17NO5. The molecule has 0 aliphatic heterocycles. The molecular weight excluding hydrogens is 190 g/mol. The van der Waals surface area contributed by atoms with Gasteiger partial charge in [0.25, 0.3) is 0 Å². The van der Waals surface area contributed by atoms with Crippen LogP contribution in [0.1, 0.15) is 19.8 Å². The van der Waals surface area contributed by atoms with E-state index in [9.17, 15) is 15.0 Å². The van der Waals surface area contributed by atoms with Gasteiger partial charge in [-0.25, -0.2) is 0 Å². The highest BCUT2D eigenvalue weighted by atomic mass is 16.4. The second-order valence-corrected chi connectivity index (χ2v) is 2.94. The number of hydrogen-bond donors (Lipinski definition) is 5. The van der Waals surface area contributed by atoms with E-state index in [0.717, 1.165) is 0 Å². The van der Waals surface area contributed by atoms with Crippen LogP contribution in [0.2, 0.25) is 0 Å². The molecule has 0 unspecified atom stereocenters. The molecule has 0 fully saturated rings. The maximum atomic E-state index is 10.8. The summed E-state index contributed by atoms with van der Waals surface area (Å²) >= 11 is 0. The average molecular weight is 207 g/mol. The number of aliphatic hydroxyl groups excluding tert-OH is 4. The van der Waals surface area contributed by atoms with Gasteiger partial charge >= 0.3 is 0 Å². The zero-order chi connectivity index (χ0) is 11.1. The molecule has 0 radical (unpaired) electrons. The van der Waals surface area contributed by atoms with Crippen molar-refractivity contribution in [2.75, 3.05) is 6.61 Å². The summed E-state index contributed by atoms with van der Waals surface area (Å²) in [6.45, 7) is 1.30. The summed E-state index contributed by atoms with van der Waals surface area (Å²) in [5.41, 5.74) is 0. The normalized spacial score (nSPS) is 17.2. The van der Waals surface area contributed by atoms with E-state index in [0.29, 0.717) is 0 Å². The first-order valence-electron chi connectivity index (χ1n) is 4.47. The molecule has 6 nitrogen and oxygen atoms in total. The van der Waals surface area contributed by atoms with Gasteiger partial charge in [-0.05, 0) is 6.42 Å². The van der Waals surface area contributed by atoms with Gasteiger partial charge in [0.2, 0.25) is 5.91 Å². The van der Waals surface area contributed by atoms with Crippen LogP contribution in [-0.4, -0.2) is 51.4 Å². The molecule has 6 heteroatoms. The first-order valence-corrected chi connectivity index (χ1v) is 4.47. The van der Waals surface area contributed by atoms with E-state index in [1.165, 1.54) is 0 Å². The summed E-state index contributed by atoms with van der Waals surface area (Å²) in [5, 5.41) is 38.1. The minimum atomic E-state index is -1.51. The Labute approximate surface area is 82.2 Å². The highest BCUT2D eigenvalue weighted by Gasteiger charge is 2.24. The molecule has 0 aromatic rings. The van der Waals surface area contributed by atoms with Crippen molar-refractivity contribution < 1.29 is 25.2 Å². The summed E-state index contributed by atoms with van der Waals surface area (Å²) in [7, 11) is 0. The van der Waals surface area contributed by atoms with Crippen molar-refractivity contribution in [1.82, 2.24) is 5.32 Å². The summed E-state index contributed by atoms with van der Waals surface area (Å²) in [5.74, 6) is -0.423. The molecule has 84 valence electrons.